The summed E-state index contributed by atoms with van der Waals surface area (Å²) in [6.45, 7) is 1.39. The van der Waals surface area contributed by atoms with E-state index < -0.39 is 28.7 Å². The first-order valence-corrected chi connectivity index (χ1v) is 6.31. The standard InChI is InChI=1S/C14H16F3NO2.ClH/c1-12(20)7-2-8-13(18,11(12)19)9-3-5-10(6-4-9)14(15,16)17;/h3-6,20H,2,7-8,18H2,1H3;1H/t12-,13-;/m0./s1. The summed E-state index contributed by atoms with van der Waals surface area (Å²) in [4.78, 5) is 12.3. The maximum atomic E-state index is 12.5. The van der Waals surface area contributed by atoms with Crippen LogP contribution in [0, 0.1) is 0 Å². The summed E-state index contributed by atoms with van der Waals surface area (Å²) >= 11 is 0. The molecule has 2 rings (SSSR count). The Morgan fingerprint density at radius 2 is 1.71 bits per heavy atom. The van der Waals surface area contributed by atoms with Gasteiger partial charge in [0.15, 0.2) is 5.78 Å². The first kappa shape index (κ1) is 17.9. The molecule has 1 aromatic rings. The van der Waals surface area contributed by atoms with E-state index in [-0.39, 0.29) is 12.4 Å². The van der Waals surface area contributed by atoms with E-state index in [0.29, 0.717) is 24.8 Å². The Kier molecular flexibility index (Phi) is 4.77. The number of aliphatic hydroxyl groups is 1. The van der Waals surface area contributed by atoms with Crippen molar-refractivity contribution in [1.82, 2.24) is 0 Å². The minimum atomic E-state index is -4.43. The van der Waals surface area contributed by atoms with Gasteiger partial charge in [-0.3, -0.25) is 4.79 Å². The molecule has 0 heterocycles. The number of hydrogen-bond donors (Lipinski definition) is 2. The molecule has 0 amide bonds. The molecule has 0 bridgehead atoms. The maximum absolute atomic E-state index is 12.5. The van der Waals surface area contributed by atoms with Crippen molar-refractivity contribution in [2.75, 3.05) is 0 Å². The number of rotatable bonds is 1. The Bertz CT molecular complexity index is 528. The number of benzene rings is 1. The minimum Gasteiger partial charge on any atom is -0.382 e. The second-order valence-electron chi connectivity index (χ2n) is 5.50. The molecule has 118 valence electrons. The zero-order chi connectivity index (χ0) is 15.2. The van der Waals surface area contributed by atoms with E-state index in [1.54, 1.807) is 0 Å². The number of hydrogen-bond acceptors (Lipinski definition) is 3. The van der Waals surface area contributed by atoms with Crippen LogP contribution in [0.15, 0.2) is 24.3 Å². The normalized spacial score (nSPS) is 29.9. The van der Waals surface area contributed by atoms with Crippen molar-refractivity contribution in [3.8, 4) is 0 Å². The number of nitrogens with two attached hydrogens (primary N) is 1. The van der Waals surface area contributed by atoms with Crippen LogP contribution in [0.2, 0.25) is 0 Å². The average Bonchev–Trinajstić information content (AvgIpc) is 2.35. The summed E-state index contributed by atoms with van der Waals surface area (Å²) in [5.74, 6) is -0.545. The van der Waals surface area contributed by atoms with Gasteiger partial charge < -0.3 is 10.8 Å². The van der Waals surface area contributed by atoms with Gasteiger partial charge in [-0.25, -0.2) is 0 Å². The van der Waals surface area contributed by atoms with Crippen LogP contribution in [0.3, 0.4) is 0 Å². The lowest BCUT2D eigenvalue weighted by atomic mass is 9.70. The van der Waals surface area contributed by atoms with Gasteiger partial charge in [0.1, 0.15) is 11.1 Å². The fraction of sp³-hybridized carbons (Fsp3) is 0.500. The van der Waals surface area contributed by atoms with Crippen molar-refractivity contribution in [2.45, 2.75) is 43.5 Å². The molecular formula is C14H17ClF3NO2. The van der Waals surface area contributed by atoms with E-state index in [2.05, 4.69) is 0 Å². The summed E-state index contributed by atoms with van der Waals surface area (Å²) in [5.41, 5.74) is 2.62. The quantitative estimate of drug-likeness (QED) is 0.835. The summed E-state index contributed by atoms with van der Waals surface area (Å²) in [5, 5.41) is 10.0. The molecule has 1 saturated carbocycles. The van der Waals surface area contributed by atoms with E-state index in [0.717, 1.165) is 12.1 Å². The monoisotopic (exact) mass is 323 g/mol. The second-order valence-corrected chi connectivity index (χ2v) is 5.50. The van der Waals surface area contributed by atoms with E-state index in [9.17, 15) is 23.1 Å². The van der Waals surface area contributed by atoms with E-state index >= 15 is 0 Å². The molecule has 7 heteroatoms. The van der Waals surface area contributed by atoms with Crippen molar-refractivity contribution in [3.05, 3.63) is 35.4 Å². The highest BCUT2D eigenvalue weighted by Gasteiger charge is 2.48. The highest BCUT2D eigenvalue weighted by atomic mass is 35.5. The lowest BCUT2D eigenvalue weighted by Gasteiger charge is -2.40. The second kappa shape index (κ2) is 5.59. The van der Waals surface area contributed by atoms with Gasteiger partial charge in [0, 0.05) is 0 Å². The summed E-state index contributed by atoms with van der Waals surface area (Å²) in [6.07, 6.45) is -3.27. The van der Waals surface area contributed by atoms with Gasteiger partial charge in [0.05, 0.1) is 5.56 Å². The highest BCUT2D eigenvalue weighted by molar-refractivity contribution is 5.96. The van der Waals surface area contributed by atoms with E-state index in [1.807, 2.05) is 0 Å². The molecular weight excluding hydrogens is 307 g/mol. The summed E-state index contributed by atoms with van der Waals surface area (Å²) in [6, 6.07) is 4.23. The lowest BCUT2D eigenvalue weighted by Crippen LogP contribution is -2.57. The predicted octanol–water partition coefficient (Wildman–Crippen LogP) is 2.79. The number of halogens is 4. The van der Waals surface area contributed by atoms with Gasteiger partial charge >= 0.3 is 6.18 Å². The topological polar surface area (TPSA) is 63.3 Å². The Morgan fingerprint density at radius 1 is 1.19 bits per heavy atom. The van der Waals surface area contributed by atoms with Crippen LogP contribution in [0.5, 0.6) is 0 Å². The van der Waals surface area contributed by atoms with Gasteiger partial charge in [-0.2, -0.15) is 13.2 Å². The molecule has 1 aromatic carbocycles. The van der Waals surface area contributed by atoms with Crippen LogP contribution in [0.4, 0.5) is 13.2 Å². The van der Waals surface area contributed by atoms with Crippen LogP contribution in [-0.4, -0.2) is 16.5 Å². The molecule has 0 aromatic heterocycles. The fourth-order valence-corrected chi connectivity index (χ4v) is 2.65. The van der Waals surface area contributed by atoms with Crippen LogP contribution in [0.25, 0.3) is 0 Å². The zero-order valence-electron chi connectivity index (χ0n) is 11.4. The van der Waals surface area contributed by atoms with Crippen LogP contribution < -0.4 is 5.73 Å². The molecule has 21 heavy (non-hydrogen) atoms. The lowest BCUT2D eigenvalue weighted by molar-refractivity contribution is -0.146. The molecule has 0 aliphatic heterocycles. The average molecular weight is 324 g/mol. The first-order chi connectivity index (χ1) is 9.07. The van der Waals surface area contributed by atoms with E-state index in [4.69, 9.17) is 5.73 Å². The maximum Gasteiger partial charge on any atom is 0.416 e. The number of Topliss-reactive ketones (excluding diaryl/α,β-unsaturated/α-hetero) is 1. The molecule has 1 fully saturated rings. The van der Waals surface area contributed by atoms with Crippen LogP contribution in [0.1, 0.15) is 37.3 Å². The van der Waals surface area contributed by atoms with E-state index in [1.165, 1.54) is 19.1 Å². The molecule has 1 aliphatic carbocycles. The Morgan fingerprint density at radius 3 is 2.19 bits per heavy atom. The van der Waals surface area contributed by atoms with Crippen LogP contribution in [-0.2, 0) is 16.5 Å². The minimum absolute atomic E-state index is 0. The fourth-order valence-electron chi connectivity index (χ4n) is 2.65. The molecule has 0 saturated heterocycles. The number of alkyl halides is 3. The first-order valence-electron chi connectivity index (χ1n) is 6.31. The SMILES string of the molecule is C[C@]1(O)CCC[C@](N)(c2ccc(C(F)(F)F)cc2)C1=O.Cl. The third-order valence-electron chi connectivity index (χ3n) is 3.86. The largest absolute Gasteiger partial charge is 0.416 e. The predicted molar refractivity (Wildman–Crippen MR) is 74.0 cm³/mol. The Balaban J connectivity index is 0.00000220. The molecule has 3 nitrogen and oxygen atoms in total. The number of carbonyl (C=O) groups excluding carboxylic acids is 1. The molecule has 0 radical (unpaired) electrons. The van der Waals surface area contributed by atoms with Gasteiger partial charge in [0.25, 0.3) is 0 Å². The van der Waals surface area contributed by atoms with Crippen molar-refractivity contribution in [3.63, 3.8) is 0 Å². The van der Waals surface area contributed by atoms with Gasteiger partial charge in [-0.05, 0) is 43.9 Å². The third kappa shape index (κ3) is 3.22. The Hall–Kier alpha value is -1.11. The van der Waals surface area contributed by atoms with Gasteiger partial charge in [-0.15, -0.1) is 12.4 Å². The third-order valence-corrected chi connectivity index (χ3v) is 3.86. The van der Waals surface area contributed by atoms with Gasteiger partial charge in [-0.1, -0.05) is 12.1 Å². The molecule has 1 aliphatic rings. The highest BCUT2D eigenvalue weighted by Crippen LogP contribution is 2.38. The summed E-state index contributed by atoms with van der Waals surface area (Å²) in [7, 11) is 0. The Labute approximate surface area is 126 Å². The van der Waals surface area contributed by atoms with Crippen molar-refractivity contribution < 1.29 is 23.1 Å². The van der Waals surface area contributed by atoms with Crippen molar-refractivity contribution >= 4 is 18.2 Å². The van der Waals surface area contributed by atoms with Crippen molar-refractivity contribution in [1.29, 1.82) is 0 Å². The molecule has 0 unspecified atom stereocenters. The van der Waals surface area contributed by atoms with Gasteiger partial charge in [0.2, 0.25) is 0 Å². The zero-order valence-corrected chi connectivity index (χ0v) is 12.2. The number of ketones is 1. The number of carbonyl (C=O) groups is 1. The smallest absolute Gasteiger partial charge is 0.382 e. The molecule has 3 N–H and O–H groups in total. The summed E-state index contributed by atoms with van der Waals surface area (Å²) < 4.78 is 37.6. The van der Waals surface area contributed by atoms with Crippen molar-refractivity contribution in [2.24, 2.45) is 5.73 Å². The molecule has 2 atom stereocenters. The molecule has 0 spiro atoms. The van der Waals surface area contributed by atoms with Crippen LogP contribution >= 0.6 is 12.4 Å².